The third-order valence-corrected chi connectivity index (χ3v) is 3.22. The van der Waals surface area contributed by atoms with E-state index in [1.807, 2.05) is 18.2 Å². The van der Waals surface area contributed by atoms with E-state index in [4.69, 9.17) is 5.73 Å². The largest absolute Gasteiger partial charge is 0.397 e. The molecule has 16 heavy (non-hydrogen) atoms. The standard InChI is InChI=1S/C11H8N4S/c12-8-4-9-10(14-6-8)15-11(16-9)7-2-1-3-13-5-7/h1-6H,12H2. The lowest BCUT2D eigenvalue weighted by molar-refractivity contribution is 1.30. The van der Waals surface area contributed by atoms with Crippen LogP contribution in [0.2, 0.25) is 0 Å². The molecule has 3 aromatic rings. The van der Waals surface area contributed by atoms with Gasteiger partial charge in [-0.05, 0) is 18.2 Å². The number of fused-ring (bicyclic) bond motifs is 1. The van der Waals surface area contributed by atoms with Crippen LogP contribution in [0.4, 0.5) is 5.69 Å². The SMILES string of the molecule is Nc1cnc2nc(-c3cccnc3)sc2c1. The van der Waals surface area contributed by atoms with E-state index in [9.17, 15) is 0 Å². The second-order valence-electron chi connectivity index (χ2n) is 3.35. The van der Waals surface area contributed by atoms with Gasteiger partial charge in [0, 0.05) is 18.0 Å². The van der Waals surface area contributed by atoms with Crippen molar-refractivity contribution < 1.29 is 0 Å². The molecule has 0 aliphatic rings. The molecule has 3 heterocycles. The topological polar surface area (TPSA) is 64.7 Å². The molecule has 2 N–H and O–H groups in total. The van der Waals surface area contributed by atoms with Crippen molar-refractivity contribution in [3.8, 4) is 10.6 Å². The minimum Gasteiger partial charge on any atom is -0.397 e. The molecular weight excluding hydrogens is 220 g/mol. The second-order valence-corrected chi connectivity index (χ2v) is 4.38. The molecule has 0 spiro atoms. The minimum atomic E-state index is 0.661. The number of rotatable bonds is 1. The van der Waals surface area contributed by atoms with Crippen molar-refractivity contribution in [3.05, 3.63) is 36.8 Å². The molecule has 0 radical (unpaired) electrons. The van der Waals surface area contributed by atoms with E-state index < -0.39 is 0 Å². The van der Waals surface area contributed by atoms with Crippen molar-refractivity contribution in [1.29, 1.82) is 0 Å². The lowest BCUT2D eigenvalue weighted by Crippen LogP contribution is -1.85. The van der Waals surface area contributed by atoms with Gasteiger partial charge in [0.2, 0.25) is 0 Å². The van der Waals surface area contributed by atoms with E-state index in [1.165, 1.54) is 0 Å². The molecule has 0 aromatic carbocycles. The van der Waals surface area contributed by atoms with Crippen LogP contribution in [0.3, 0.4) is 0 Å². The van der Waals surface area contributed by atoms with Crippen LogP contribution >= 0.6 is 11.3 Å². The summed E-state index contributed by atoms with van der Waals surface area (Å²) in [5.74, 6) is 0. The van der Waals surface area contributed by atoms with Gasteiger partial charge in [0.05, 0.1) is 16.6 Å². The van der Waals surface area contributed by atoms with E-state index in [-0.39, 0.29) is 0 Å². The van der Waals surface area contributed by atoms with Gasteiger partial charge >= 0.3 is 0 Å². The van der Waals surface area contributed by atoms with Crippen molar-refractivity contribution in [2.45, 2.75) is 0 Å². The molecule has 0 amide bonds. The Bertz CT molecular complexity index is 633. The van der Waals surface area contributed by atoms with Crippen LogP contribution in [-0.2, 0) is 0 Å². The number of thiazole rings is 1. The summed E-state index contributed by atoms with van der Waals surface area (Å²) in [6.07, 6.45) is 5.16. The van der Waals surface area contributed by atoms with Gasteiger partial charge in [-0.15, -0.1) is 11.3 Å². The van der Waals surface area contributed by atoms with Crippen molar-refractivity contribution in [2.24, 2.45) is 0 Å². The van der Waals surface area contributed by atoms with E-state index in [2.05, 4.69) is 15.0 Å². The van der Waals surface area contributed by atoms with E-state index >= 15 is 0 Å². The van der Waals surface area contributed by atoms with Gasteiger partial charge in [-0.2, -0.15) is 0 Å². The maximum Gasteiger partial charge on any atom is 0.171 e. The Kier molecular flexibility index (Phi) is 2.04. The highest BCUT2D eigenvalue weighted by molar-refractivity contribution is 7.21. The van der Waals surface area contributed by atoms with Crippen molar-refractivity contribution in [3.63, 3.8) is 0 Å². The molecule has 0 atom stereocenters. The summed E-state index contributed by atoms with van der Waals surface area (Å²) in [6.45, 7) is 0. The fourth-order valence-electron chi connectivity index (χ4n) is 1.45. The highest BCUT2D eigenvalue weighted by Gasteiger charge is 2.06. The first kappa shape index (κ1) is 9.23. The molecule has 0 bridgehead atoms. The Balaban J connectivity index is 2.19. The molecule has 0 saturated heterocycles. The molecule has 0 saturated carbocycles. The Morgan fingerprint density at radius 1 is 1.25 bits per heavy atom. The second kappa shape index (κ2) is 3.53. The smallest absolute Gasteiger partial charge is 0.171 e. The molecule has 3 aromatic heterocycles. The number of hydrogen-bond donors (Lipinski definition) is 1. The van der Waals surface area contributed by atoms with Gasteiger partial charge in [0.1, 0.15) is 5.01 Å². The zero-order chi connectivity index (χ0) is 11.0. The first-order chi connectivity index (χ1) is 7.83. The zero-order valence-corrected chi connectivity index (χ0v) is 9.11. The van der Waals surface area contributed by atoms with Gasteiger partial charge in [-0.1, -0.05) is 0 Å². The molecule has 0 unspecified atom stereocenters. The van der Waals surface area contributed by atoms with Gasteiger partial charge in [-0.25, -0.2) is 9.97 Å². The molecule has 0 aliphatic carbocycles. The van der Waals surface area contributed by atoms with E-state index in [1.54, 1.807) is 29.9 Å². The molecule has 78 valence electrons. The van der Waals surface area contributed by atoms with Crippen LogP contribution in [0.15, 0.2) is 36.8 Å². The Hall–Kier alpha value is -2.01. The van der Waals surface area contributed by atoms with Crippen LogP contribution < -0.4 is 5.73 Å². The Morgan fingerprint density at radius 3 is 3.00 bits per heavy atom. The number of anilines is 1. The number of aromatic nitrogens is 3. The first-order valence-corrected chi connectivity index (χ1v) is 5.57. The summed E-state index contributed by atoms with van der Waals surface area (Å²) >= 11 is 1.57. The van der Waals surface area contributed by atoms with E-state index in [0.717, 1.165) is 20.9 Å². The molecule has 0 fully saturated rings. The lowest BCUT2D eigenvalue weighted by atomic mass is 10.3. The summed E-state index contributed by atoms with van der Waals surface area (Å²) in [6, 6.07) is 5.76. The minimum absolute atomic E-state index is 0.661. The van der Waals surface area contributed by atoms with Crippen molar-refractivity contribution >= 4 is 27.4 Å². The van der Waals surface area contributed by atoms with Crippen LogP contribution in [-0.4, -0.2) is 15.0 Å². The average Bonchev–Trinajstić information content (AvgIpc) is 2.73. The predicted molar refractivity (Wildman–Crippen MR) is 65.1 cm³/mol. The van der Waals surface area contributed by atoms with Crippen LogP contribution in [0.25, 0.3) is 20.9 Å². The molecule has 3 rings (SSSR count). The summed E-state index contributed by atoms with van der Waals surface area (Å²) in [5, 5.41) is 0.918. The predicted octanol–water partition coefficient (Wildman–Crippen LogP) is 2.34. The van der Waals surface area contributed by atoms with E-state index in [0.29, 0.717) is 5.69 Å². The summed E-state index contributed by atoms with van der Waals surface area (Å²) in [7, 11) is 0. The Labute approximate surface area is 95.8 Å². The van der Waals surface area contributed by atoms with Crippen LogP contribution in [0.5, 0.6) is 0 Å². The van der Waals surface area contributed by atoms with Gasteiger partial charge in [0.25, 0.3) is 0 Å². The highest BCUT2D eigenvalue weighted by Crippen LogP contribution is 2.29. The average molecular weight is 228 g/mol. The quantitative estimate of drug-likeness (QED) is 0.694. The van der Waals surface area contributed by atoms with Gasteiger partial charge in [-0.3, -0.25) is 4.98 Å². The molecule has 0 aliphatic heterocycles. The van der Waals surface area contributed by atoms with Crippen LogP contribution in [0.1, 0.15) is 0 Å². The molecule has 5 heteroatoms. The normalized spacial score (nSPS) is 10.8. The van der Waals surface area contributed by atoms with Crippen LogP contribution in [0, 0.1) is 0 Å². The molecule has 4 nitrogen and oxygen atoms in total. The van der Waals surface area contributed by atoms with Gasteiger partial charge in [0.15, 0.2) is 5.65 Å². The number of nitrogen functional groups attached to an aromatic ring is 1. The zero-order valence-electron chi connectivity index (χ0n) is 8.29. The van der Waals surface area contributed by atoms with Crippen molar-refractivity contribution in [1.82, 2.24) is 15.0 Å². The van der Waals surface area contributed by atoms with Crippen molar-refractivity contribution in [2.75, 3.05) is 5.73 Å². The third kappa shape index (κ3) is 1.51. The molecular formula is C11H8N4S. The lowest BCUT2D eigenvalue weighted by Gasteiger charge is -1.91. The van der Waals surface area contributed by atoms with Gasteiger partial charge < -0.3 is 5.73 Å². The maximum atomic E-state index is 5.68. The fourth-order valence-corrected chi connectivity index (χ4v) is 2.41. The highest BCUT2D eigenvalue weighted by atomic mass is 32.1. The Morgan fingerprint density at radius 2 is 2.19 bits per heavy atom. The third-order valence-electron chi connectivity index (χ3n) is 2.18. The monoisotopic (exact) mass is 228 g/mol. The summed E-state index contributed by atoms with van der Waals surface area (Å²) in [5.41, 5.74) is 8.07. The number of pyridine rings is 2. The number of nitrogens with zero attached hydrogens (tertiary/aromatic N) is 3. The summed E-state index contributed by atoms with van der Waals surface area (Å²) in [4.78, 5) is 12.7. The fraction of sp³-hybridized carbons (Fsp3) is 0. The number of nitrogens with two attached hydrogens (primary N) is 1. The first-order valence-electron chi connectivity index (χ1n) is 4.75. The summed E-state index contributed by atoms with van der Waals surface area (Å²) < 4.78 is 0.999. The number of hydrogen-bond acceptors (Lipinski definition) is 5. The maximum absolute atomic E-state index is 5.68.